The van der Waals surface area contributed by atoms with Crippen LogP contribution in [-0.4, -0.2) is 22.0 Å². The number of H-pyrrole nitrogens is 1. The molecule has 0 aliphatic heterocycles. The largest absolute Gasteiger partial charge is 0.371 e. The fourth-order valence-electron chi connectivity index (χ4n) is 1.06. The van der Waals surface area contributed by atoms with Gasteiger partial charge in [0, 0.05) is 13.2 Å². The van der Waals surface area contributed by atoms with Gasteiger partial charge in [-0.15, -0.1) is 0 Å². The van der Waals surface area contributed by atoms with Gasteiger partial charge in [-0.05, 0) is 6.07 Å². The Balaban J connectivity index is 2.79. The van der Waals surface area contributed by atoms with E-state index in [1.807, 2.05) is 13.1 Å². The summed E-state index contributed by atoms with van der Waals surface area (Å²) in [5.41, 5.74) is 1.89. The molecule has 2 rings (SSSR count). The molecule has 0 aliphatic carbocycles. The molecule has 0 saturated carbocycles. The zero-order valence-corrected chi connectivity index (χ0v) is 6.13. The third-order valence-electron chi connectivity index (χ3n) is 1.58. The molecular weight excluding hydrogens is 140 g/mol. The summed E-state index contributed by atoms with van der Waals surface area (Å²) in [4.78, 5) is 11.2. The van der Waals surface area contributed by atoms with Crippen LogP contribution in [0.15, 0.2) is 18.6 Å². The van der Waals surface area contributed by atoms with Crippen molar-refractivity contribution >= 4 is 16.9 Å². The molecule has 2 N–H and O–H groups in total. The highest BCUT2D eigenvalue weighted by atomic mass is 15.0. The second-order valence-electron chi connectivity index (χ2n) is 2.21. The SMILES string of the molecule is CNc1nccc2nc[nH]c12. The second-order valence-corrected chi connectivity index (χ2v) is 2.21. The Labute approximate surface area is 63.7 Å². The molecule has 0 bridgehead atoms. The van der Waals surface area contributed by atoms with Crippen molar-refractivity contribution < 1.29 is 0 Å². The van der Waals surface area contributed by atoms with Crippen LogP contribution in [0.2, 0.25) is 0 Å². The standard InChI is InChI=1S/C7H8N4/c1-8-7-6-5(2-3-9-7)10-4-11-6/h2-4H,1H3,(H,8,9)(H,10,11). The minimum atomic E-state index is 0.833. The second kappa shape index (κ2) is 2.23. The number of nitrogens with zero attached hydrogens (tertiary/aromatic N) is 2. The molecule has 11 heavy (non-hydrogen) atoms. The van der Waals surface area contributed by atoms with Gasteiger partial charge in [0.1, 0.15) is 5.52 Å². The fraction of sp³-hybridized carbons (Fsp3) is 0.143. The average molecular weight is 148 g/mol. The maximum absolute atomic E-state index is 4.12. The van der Waals surface area contributed by atoms with Gasteiger partial charge in [0.2, 0.25) is 0 Å². The molecule has 0 spiro atoms. The number of pyridine rings is 1. The van der Waals surface area contributed by atoms with E-state index >= 15 is 0 Å². The van der Waals surface area contributed by atoms with Crippen molar-refractivity contribution in [3.05, 3.63) is 18.6 Å². The van der Waals surface area contributed by atoms with Crippen molar-refractivity contribution in [1.82, 2.24) is 15.0 Å². The third-order valence-corrected chi connectivity index (χ3v) is 1.58. The average Bonchev–Trinajstić information content (AvgIpc) is 2.50. The number of aromatic amines is 1. The van der Waals surface area contributed by atoms with E-state index in [0.29, 0.717) is 0 Å². The highest BCUT2D eigenvalue weighted by Gasteiger charge is 1.99. The summed E-state index contributed by atoms with van der Waals surface area (Å²) < 4.78 is 0. The predicted octanol–water partition coefficient (Wildman–Crippen LogP) is 1.000. The minimum Gasteiger partial charge on any atom is -0.371 e. The lowest BCUT2D eigenvalue weighted by atomic mass is 10.4. The lowest BCUT2D eigenvalue weighted by Gasteiger charge is -1.97. The number of imidazole rings is 1. The number of hydrogen-bond donors (Lipinski definition) is 2. The Morgan fingerprint density at radius 3 is 3.18 bits per heavy atom. The molecule has 56 valence electrons. The summed E-state index contributed by atoms with van der Waals surface area (Å²) in [6.45, 7) is 0. The van der Waals surface area contributed by atoms with Gasteiger partial charge in [-0.2, -0.15) is 0 Å². The quantitative estimate of drug-likeness (QED) is 0.634. The van der Waals surface area contributed by atoms with Crippen molar-refractivity contribution in [2.75, 3.05) is 12.4 Å². The lowest BCUT2D eigenvalue weighted by molar-refractivity contribution is 1.30. The molecule has 0 amide bonds. The van der Waals surface area contributed by atoms with Crippen molar-refractivity contribution in [3.8, 4) is 0 Å². The van der Waals surface area contributed by atoms with Crippen LogP contribution in [0.25, 0.3) is 11.0 Å². The van der Waals surface area contributed by atoms with Gasteiger partial charge in [0.15, 0.2) is 5.82 Å². The van der Waals surface area contributed by atoms with E-state index in [-0.39, 0.29) is 0 Å². The zero-order chi connectivity index (χ0) is 7.68. The van der Waals surface area contributed by atoms with Crippen molar-refractivity contribution in [3.63, 3.8) is 0 Å². The smallest absolute Gasteiger partial charge is 0.151 e. The molecule has 2 aromatic heterocycles. The molecule has 0 saturated heterocycles. The van der Waals surface area contributed by atoms with E-state index in [4.69, 9.17) is 0 Å². The molecule has 0 fully saturated rings. The van der Waals surface area contributed by atoms with Crippen LogP contribution in [0.3, 0.4) is 0 Å². The van der Waals surface area contributed by atoms with Crippen LogP contribution in [-0.2, 0) is 0 Å². The van der Waals surface area contributed by atoms with E-state index in [2.05, 4.69) is 20.3 Å². The number of hydrogen-bond acceptors (Lipinski definition) is 3. The summed E-state index contributed by atoms with van der Waals surface area (Å²) in [5, 5.41) is 2.97. The maximum atomic E-state index is 4.12. The molecule has 4 nitrogen and oxygen atoms in total. The molecule has 0 atom stereocenters. The van der Waals surface area contributed by atoms with E-state index in [1.165, 1.54) is 0 Å². The van der Waals surface area contributed by atoms with Crippen molar-refractivity contribution in [2.24, 2.45) is 0 Å². The Hall–Kier alpha value is -1.58. The first-order chi connectivity index (χ1) is 5.42. The number of anilines is 1. The van der Waals surface area contributed by atoms with Crippen LogP contribution < -0.4 is 5.32 Å². The molecule has 4 heteroatoms. The fourth-order valence-corrected chi connectivity index (χ4v) is 1.06. The molecule has 0 aliphatic rings. The predicted molar refractivity (Wildman–Crippen MR) is 43.4 cm³/mol. The Morgan fingerprint density at radius 2 is 2.36 bits per heavy atom. The normalized spacial score (nSPS) is 10.3. The summed E-state index contributed by atoms with van der Waals surface area (Å²) in [5.74, 6) is 0.833. The van der Waals surface area contributed by atoms with Gasteiger partial charge < -0.3 is 10.3 Å². The molecular formula is C7H8N4. The first kappa shape index (κ1) is 6.15. The first-order valence-electron chi connectivity index (χ1n) is 3.37. The summed E-state index contributed by atoms with van der Waals surface area (Å²) >= 11 is 0. The van der Waals surface area contributed by atoms with E-state index in [0.717, 1.165) is 16.9 Å². The van der Waals surface area contributed by atoms with Gasteiger partial charge in [-0.1, -0.05) is 0 Å². The van der Waals surface area contributed by atoms with Gasteiger partial charge in [-0.25, -0.2) is 9.97 Å². The van der Waals surface area contributed by atoms with Gasteiger partial charge in [0.05, 0.1) is 11.8 Å². The van der Waals surface area contributed by atoms with Crippen LogP contribution in [0.5, 0.6) is 0 Å². The summed E-state index contributed by atoms with van der Waals surface area (Å²) in [6, 6.07) is 1.87. The van der Waals surface area contributed by atoms with Crippen LogP contribution >= 0.6 is 0 Å². The highest BCUT2D eigenvalue weighted by Crippen LogP contribution is 2.14. The monoisotopic (exact) mass is 148 g/mol. The third kappa shape index (κ3) is 0.832. The summed E-state index contributed by atoms with van der Waals surface area (Å²) in [6.07, 6.45) is 3.39. The Morgan fingerprint density at radius 1 is 1.45 bits per heavy atom. The van der Waals surface area contributed by atoms with Crippen LogP contribution in [0.4, 0.5) is 5.82 Å². The van der Waals surface area contributed by atoms with E-state index in [1.54, 1.807) is 12.5 Å². The first-order valence-corrected chi connectivity index (χ1v) is 3.37. The number of aromatic nitrogens is 3. The van der Waals surface area contributed by atoms with E-state index < -0.39 is 0 Å². The highest BCUT2D eigenvalue weighted by molar-refractivity contribution is 5.84. The maximum Gasteiger partial charge on any atom is 0.151 e. The molecule has 0 radical (unpaired) electrons. The number of rotatable bonds is 1. The van der Waals surface area contributed by atoms with Gasteiger partial charge in [0.25, 0.3) is 0 Å². The topological polar surface area (TPSA) is 53.6 Å². The Bertz CT molecular complexity index is 365. The molecule has 2 aromatic rings. The molecule has 2 heterocycles. The lowest BCUT2D eigenvalue weighted by Crippen LogP contribution is -1.91. The minimum absolute atomic E-state index is 0.833. The number of fused-ring (bicyclic) bond motifs is 1. The Kier molecular flexibility index (Phi) is 1.25. The van der Waals surface area contributed by atoms with Crippen LogP contribution in [0, 0.1) is 0 Å². The number of nitrogens with one attached hydrogen (secondary N) is 2. The molecule has 0 aromatic carbocycles. The van der Waals surface area contributed by atoms with Gasteiger partial charge in [-0.3, -0.25) is 0 Å². The summed E-state index contributed by atoms with van der Waals surface area (Å²) in [7, 11) is 1.84. The van der Waals surface area contributed by atoms with Gasteiger partial charge >= 0.3 is 0 Å². The van der Waals surface area contributed by atoms with Crippen LogP contribution in [0.1, 0.15) is 0 Å². The van der Waals surface area contributed by atoms with Crippen molar-refractivity contribution in [1.29, 1.82) is 0 Å². The van der Waals surface area contributed by atoms with E-state index in [9.17, 15) is 0 Å². The zero-order valence-electron chi connectivity index (χ0n) is 6.13. The molecule has 0 unspecified atom stereocenters. The van der Waals surface area contributed by atoms with Crippen molar-refractivity contribution in [2.45, 2.75) is 0 Å².